The van der Waals surface area contributed by atoms with Crippen molar-refractivity contribution in [2.45, 2.75) is 26.3 Å². The van der Waals surface area contributed by atoms with Crippen LogP contribution in [0.1, 0.15) is 25.3 Å². The minimum absolute atomic E-state index is 0. The van der Waals surface area contributed by atoms with Gasteiger partial charge in [-0.3, -0.25) is 0 Å². The summed E-state index contributed by atoms with van der Waals surface area (Å²) in [4.78, 5) is 10.6. The van der Waals surface area contributed by atoms with Crippen molar-refractivity contribution in [1.29, 1.82) is 0 Å². The highest BCUT2D eigenvalue weighted by atomic mass is 127. The fourth-order valence-electron chi connectivity index (χ4n) is 2.01. The minimum atomic E-state index is 0. The van der Waals surface area contributed by atoms with Crippen LogP contribution in [0.15, 0.2) is 23.3 Å². The number of nitrogens with two attached hydrogens (primary N) is 1. The van der Waals surface area contributed by atoms with Gasteiger partial charge in [0.2, 0.25) is 0 Å². The normalized spacial score (nSPS) is 17.2. The summed E-state index contributed by atoms with van der Waals surface area (Å²) in [7, 11) is 0. The Balaban J connectivity index is 0.00000180. The molecule has 1 fully saturated rings. The quantitative estimate of drug-likeness (QED) is 0.363. The molecule has 0 radical (unpaired) electrons. The first kappa shape index (κ1) is 16.5. The molecule has 1 aromatic heterocycles. The largest absolute Gasteiger partial charge is 0.370 e. The Morgan fingerprint density at radius 1 is 1.47 bits per heavy atom. The monoisotopic (exact) mass is 394 g/mol. The molecule has 2 N–H and O–H groups in total. The maximum atomic E-state index is 6.00. The standard InChI is InChI=1S/C13H19ClN4.HI/c1-10-4-6-18(7-5-10)13(15)17-9-11-2-3-12(14)16-8-11;/h2-3,8,10H,4-7,9H2,1H3,(H2,15,17);1H. The Bertz CT molecular complexity index is 413. The van der Waals surface area contributed by atoms with E-state index in [-0.39, 0.29) is 24.0 Å². The summed E-state index contributed by atoms with van der Waals surface area (Å²) in [5.41, 5.74) is 7.02. The fraction of sp³-hybridized carbons (Fsp3) is 0.538. The molecule has 1 aliphatic rings. The molecule has 4 nitrogen and oxygen atoms in total. The van der Waals surface area contributed by atoms with Gasteiger partial charge in [-0.05, 0) is 30.4 Å². The van der Waals surface area contributed by atoms with E-state index in [0.717, 1.165) is 24.6 Å². The number of rotatable bonds is 2. The second-order valence-corrected chi connectivity index (χ2v) is 5.22. The second kappa shape index (κ2) is 7.89. The molecule has 2 rings (SSSR count). The zero-order valence-corrected chi connectivity index (χ0v) is 14.1. The Labute approximate surface area is 136 Å². The molecule has 0 atom stereocenters. The average molecular weight is 395 g/mol. The number of hydrogen-bond acceptors (Lipinski definition) is 2. The van der Waals surface area contributed by atoms with Gasteiger partial charge < -0.3 is 10.6 Å². The van der Waals surface area contributed by atoms with Crippen LogP contribution in [0.5, 0.6) is 0 Å². The molecular weight excluding hydrogens is 375 g/mol. The van der Waals surface area contributed by atoms with Gasteiger partial charge in [-0.1, -0.05) is 24.6 Å². The summed E-state index contributed by atoms with van der Waals surface area (Å²) in [6.45, 7) is 4.86. The van der Waals surface area contributed by atoms with Gasteiger partial charge in [-0.25, -0.2) is 9.98 Å². The van der Waals surface area contributed by atoms with Crippen LogP contribution >= 0.6 is 35.6 Å². The number of nitrogens with zero attached hydrogens (tertiary/aromatic N) is 3. The molecular formula is C13H20ClIN4. The maximum absolute atomic E-state index is 6.00. The number of likely N-dealkylation sites (tertiary alicyclic amines) is 1. The van der Waals surface area contributed by atoms with Gasteiger partial charge >= 0.3 is 0 Å². The van der Waals surface area contributed by atoms with Crippen molar-refractivity contribution < 1.29 is 0 Å². The Morgan fingerprint density at radius 3 is 2.74 bits per heavy atom. The van der Waals surface area contributed by atoms with Crippen LogP contribution in [0.2, 0.25) is 5.15 Å². The van der Waals surface area contributed by atoms with Crippen LogP contribution in [0.25, 0.3) is 0 Å². The van der Waals surface area contributed by atoms with Gasteiger partial charge in [-0.2, -0.15) is 0 Å². The lowest BCUT2D eigenvalue weighted by Gasteiger charge is -2.31. The second-order valence-electron chi connectivity index (χ2n) is 4.83. The topological polar surface area (TPSA) is 54.5 Å². The molecule has 0 unspecified atom stereocenters. The summed E-state index contributed by atoms with van der Waals surface area (Å²) < 4.78 is 0. The van der Waals surface area contributed by atoms with E-state index in [4.69, 9.17) is 17.3 Å². The molecule has 0 aromatic carbocycles. The highest BCUT2D eigenvalue weighted by Gasteiger charge is 2.16. The summed E-state index contributed by atoms with van der Waals surface area (Å²) in [6, 6.07) is 3.69. The van der Waals surface area contributed by atoms with Gasteiger partial charge in [0.25, 0.3) is 0 Å². The first-order valence-corrected chi connectivity index (χ1v) is 6.68. The SMILES string of the molecule is CC1CCN(C(N)=NCc2ccc(Cl)nc2)CC1.I. The van der Waals surface area contributed by atoms with E-state index in [1.807, 2.05) is 6.07 Å². The predicted molar refractivity (Wildman–Crippen MR) is 90.0 cm³/mol. The number of guanidine groups is 1. The average Bonchev–Trinajstić information content (AvgIpc) is 2.38. The van der Waals surface area contributed by atoms with Crippen molar-refractivity contribution in [3.05, 3.63) is 29.0 Å². The first-order chi connectivity index (χ1) is 8.65. The molecule has 19 heavy (non-hydrogen) atoms. The highest BCUT2D eigenvalue weighted by Crippen LogP contribution is 2.15. The lowest BCUT2D eigenvalue weighted by Crippen LogP contribution is -2.42. The number of halogens is 2. The summed E-state index contributed by atoms with van der Waals surface area (Å²) in [5.74, 6) is 1.44. The number of pyridine rings is 1. The van der Waals surface area contributed by atoms with Crippen molar-refractivity contribution in [3.8, 4) is 0 Å². The van der Waals surface area contributed by atoms with Crippen molar-refractivity contribution >= 4 is 41.5 Å². The Morgan fingerprint density at radius 2 is 2.16 bits per heavy atom. The van der Waals surface area contributed by atoms with E-state index in [1.54, 1.807) is 12.3 Å². The molecule has 1 aliphatic heterocycles. The fourth-order valence-corrected chi connectivity index (χ4v) is 2.12. The first-order valence-electron chi connectivity index (χ1n) is 6.30. The van der Waals surface area contributed by atoms with E-state index in [1.165, 1.54) is 12.8 Å². The van der Waals surface area contributed by atoms with Crippen molar-refractivity contribution in [3.63, 3.8) is 0 Å². The van der Waals surface area contributed by atoms with E-state index < -0.39 is 0 Å². The van der Waals surface area contributed by atoms with Crippen LogP contribution in [-0.4, -0.2) is 28.9 Å². The van der Waals surface area contributed by atoms with Gasteiger partial charge in [0, 0.05) is 19.3 Å². The molecule has 0 aliphatic carbocycles. The van der Waals surface area contributed by atoms with Crippen LogP contribution < -0.4 is 5.73 Å². The molecule has 2 heterocycles. The summed E-state index contributed by atoms with van der Waals surface area (Å²) in [5, 5.41) is 0.501. The van der Waals surface area contributed by atoms with Gasteiger partial charge in [0.05, 0.1) is 6.54 Å². The molecule has 0 bridgehead atoms. The Kier molecular flexibility index (Phi) is 6.85. The molecule has 6 heteroatoms. The van der Waals surface area contributed by atoms with Crippen molar-refractivity contribution in [2.24, 2.45) is 16.6 Å². The number of hydrogen-bond donors (Lipinski definition) is 1. The zero-order valence-electron chi connectivity index (χ0n) is 11.1. The third kappa shape index (κ3) is 5.14. The predicted octanol–water partition coefficient (Wildman–Crippen LogP) is 2.90. The van der Waals surface area contributed by atoms with Crippen LogP contribution in [0, 0.1) is 5.92 Å². The lowest BCUT2D eigenvalue weighted by atomic mass is 10.00. The third-order valence-corrected chi connectivity index (χ3v) is 3.54. The van der Waals surface area contributed by atoms with Crippen LogP contribution in [-0.2, 0) is 6.54 Å². The minimum Gasteiger partial charge on any atom is -0.370 e. The molecule has 106 valence electrons. The van der Waals surface area contributed by atoms with E-state index in [2.05, 4.69) is 21.8 Å². The lowest BCUT2D eigenvalue weighted by molar-refractivity contribution is 0.277. The zero-order chi connectivity index (χ0) is 13.0. The van der Waals surface area contributed by atoms with Crippen molar-refractivity contribution in [1.82, 2.24) is 9.88 Å². The van der Waals surface area contributed by atoms with E-state index >= 15 is 0 Å². The van der Waals surface area contributed by atoms with E-state index in [9.17, 15) is 0 Å². The molecule has 1 aromatic rings. The highest BCUT2D eigenvalue weighted by molar-refractivity contribution is 14.0. The smallest absolute Gasteiger partial charge is 0.191 e. The molecule has 0 amide bonds. The molecule has 0 spiro atoms. The number of piperidine rings is 1. The van der Waals surface area contributed by atoms with Gasteiger partial charge in [0.1, 0.15) is 5.15 Å². The van der Waals surface area contributed by atoms with Gasteiger partial charge in [-0.15, -0.1) is 24.0 Å². The third-order valence-electron chi connectivity index (χ3n) is 3.32. The van der Waals surface area contributed by atoms with E-state index in [0.29, 0.717) is 17.7 Å². The Hall–Kier alpha value is -0.560. The van der Waals surface area contributed by atoms with Gasteiger partial charge in [0.15, 0.2) is 5.96 Å². The van der Waals surface area contributed by atoms with Crippen LogP contribution in [0.4, 0.5) is 0 Å². The summed E-state index contributed by atoms with van der Waals surface area (Å²) in [6.07, 6.45) is 4.12. The number of aromatic nitrogens is 1. The maximum Gasteiger partial charge on any atom is 0.191 e. The molecule has 0 saturated carbocycles. The summed E-state index contributed by atoms with van der Waals surface area (Å²) >= 11 is 5.73. The van der Waals surface area contributed by atoms with Crippen molar-refractivity contribution in [2.75, 3.05) is 13.1 Å². The van der Waals surface area contributed by atoms with Crippen LogP contribution in [0.3, 0.4) is 0 Å². The molecule has 1 saturated heterocycles. The number of aliphatic imine (C=N–C) groups is 1.